The van der Waals surface area contributed by atoms with E-state index in [0.29, 0.717) is 16.4 Å². The van der Waals surface area contributed by atoms with E-state index in [-0.39, 0.29) is 18.4 Å². The van der Waals surface area contributed by atoms with Gasteiger partial charge in [-0.25, -0.2) is 0 Å². The molecule has 108 valence electrons. The number of carbonyl (C=O) groups excluding carboxylic acids is 2. The van der Waals surface area contributed by atoms with E-state index in [1.165, 1.54) is 11.8 Å². The van der Waals surface area contributed by atoms with E-state index >= 15 is 0 Å². The van der Waals surface area contributed by atoms with Crippen LogP contribution in [0.25, 0.3) is 0 Å². The molecular formula is C16H15ClN2O2. The van der Waals surface area contributed by atoms with E-state index < -0.39 is 0 Å². The Morgan fingerprint density at radius 2 is 1.81 bits per heavy atom. The molecule has 0 atom stereocenters. The first-order valence-electron chi connectivity index (χ1n) is 6.45. The smallest absolute Gasteiger partial charge is 0.244 e. The SMILES string of the molecule is CC(=O)N(CC(=O)Nc1cccc(Cl)c1)c1ccccc1. The van der Waals surface area contributed by atoms with Crippen molar-refractivity contribution in [1.82, 2.24) is 0 Å². The van der Waals surface area contributed by atoms with Crippen molar-refractivity contribution in [1.29, 1.82) is 0 Å². The highest BCUT2D eigenvalue weighted by atomic mass is 35.5. The molecule has 2 aromatic rings. The molecule has 0 spiro atoms. The van der Waals surface area contributed by atoms with Crippen LogP contribution in [0.4, 0.5) is 11.4 Å². The minimum Gasteiger partial charge on any atom is -0.324 e. The van der Waals surface area contributed by atoms with Gasteiger partial charge in [-0.1, -0.05) is 35.9 Å². The van der Waals surface area contributed by atoms with Crippen LogP contribution in [0.3, 0.4) is 0 Å². The van der Waals surface area contributed by atoms with Crippen LogP contribution in [-0.4, -0.2) is 18.4 Å². The molecule has 4 nitrogen and oxygen atoms in total. The molecule has 2 aromatic carbocycles. The van der Waals surface area contributed by atoms with E-state index in [1.54, 1.807) is 36.4 Å². The molecule has 0 heterocycles. The molecular weight excluding hydrogens is 288 g/mol. The quantitative estimate of drug-likeness (QED) is 0.942. The number of carbonyl (C=O) groups is 2. The van der Waals surface area contributed by atoms with Crippen molar-refractivity contribution in [3.05, 3.63) is 59.6 Å². The molecule has 21 heavy (non-hydrogen) atoms. The number of hydrogen-bond acceptors (Lipinski definition) is 2. The Balaban J connectivity index is 2.07. The van der Waals surface area contributed by atoms with Crippen molar-refractivity contribution >= 4 is 34.8 Å². The molecule has 0 fully saturated rings. The highest BCUT2D eigenvalue weighted by Gasteiger charge is 2.15. The average molecular weight is 303 g/mol. The summed E-state index contributed by atoms with van der Waals surface area (Å²) in [6, 6.07) is 15.9. The minimum atomic E-state index is -0.281. The van der Waals surface area contributed by atoms with Gasteiger partial charge in [0.25, 0.3) is 0 Å². The summed E-state index contributed by atoms with van der Waals surface area (Å²) in [5.74, 6) is -0.473. The Kier molecular flexibility index (Phi) is 4.95. The van der Waals surface area contributed by atoms with Gasteiger partial charge in [0.1, 0.15) is 6.54 Å². The van der Waals surface area contributed by atoms with Crippen molar-refractivity contribution < 1.29 is 9.59 Å². The van der Waals surface area contributed by atoms with Crippen LogP contribution in [0, 0.1) is 0 Å². The lowest BCUT2D eigenvalue weighted by Crippen LogP contribution is -2.36. The molecule has 0 aliphatic rings. The van der Waals surface area contributed by atoms with Gasteiger partial charge in [0.2, 0.25) is 11.8 Å². The number of amides is 2. The highest BCUT2D eigenvalue weighted by molar-refractivity contribution is 6.30. The van der Waals surface area contributed by atoms with Crippen molar-refractivity contribution in [3.8, 4) is 0 Å². The molecule has 1 N–H and O–H groups in total. The van der Waals surface area contributed by atoms with E-state index in [1.807, 2.05) is 18.2 Å². The predicted octanol–water partition coefficient (Wildman–Crippen LogP) is 3.33. The molecule has 0 saturated heterocycles. The number of halogens is 1. The lowest BCUT2D eigenvalue weighted by molar-refractivity contribution is -0.120. The van der Waals surface area contributed by atoms with Gasteiger partial charge in [0.05, 0.1) is 0 Å². The number of nitrogens with zero attached hydrogens (tertiary/aromatic N) is 1. The molecule has 0 radical (unpaired) electrons. The first kappa shape index (κ1) is 15.1. The Morgan fingerprint density at radius 3 is 2.43 bits per heavy atom. The highest BCUT2D eigenvalue weighted by Crippen LogP contribution is 2.16. The molecule has 5 heteroatoms. The molecule has 2 rings (SSSR count). The van der Waals surface area contributed by atoms with Crippen LogP contribution in [0.1, 0.15) is 6.92 Å². The van der Waals surface area contributed by atoms with E-state index in [4.69, 9.17) is 11.6 Å². The van der Waals surface area contributed by atoms with Gasteiger partial charge in [-0.3, -0.25) is 9.59 Å². The minimum absolute atomic E-state index is 0.0497. The summed E-state index contributed by atoms with van der Waals surface area (Å²) in [5, 5.41) is 3.26. The third-order valence-electron chi connectivity index (χ3n) is 2.86. The number of benzene rings is 2. The van der Waals surface area contributed by atoms with Crippen LogP contribution in [0.2, 0.25) is 5.02 Å². The van der Waals surface area contributed by atoms with Gasteiger partial charge >= 0.3 is 0 Å². The third-order valence-corrected chi connectivity index (χ3v) is 3.09. The molecule has 2 amide bonds. The van der Waals surface area contributed by atoms with Crippen LogP contribution in [0.5, 0.6) is 0 Å². The Labute approximate surface area is 128 Å². The first-order valence-corrected chi connectivity index (χ1v) is 6.82. The van der Waals surface area contributed by atoms with Crippen molar-refractivity contribution in [2.24, 2.45) is 0 Å². The number of nitrogens with one attached hydrogen (secondary N) is 1. The van der Waals surface area contributed by atoms with Crippen molar-refractivity contribution in [2.45, 2.75) is 6.92 Å². The normalized spacial score (nSPS) is 10.0. The van der Waals surface area contributed by atoms with E-state index in [9.17, 15) is 9.59 Å². The van der Waals surface area contributed by atoms with Crippen LogP contribution in [-0.2, 0) is 9.59 Å². The zero-order chi connectivity index (χ0) is 15.2. The van der Waals surface area contributed by atoms with Crippen LogP contribution < -0.4 is 10.2 Å². The summed E-state index contributed by atoms with van der Waals surface area (Å²) >= 11 is 5.86. The van der Waals surface area contributed by atoms with Crippen molar-refractivity contribution in [2.75, 3.05) is 16.8 Å². The predicted molar refractivity (Wildman–Crippen MR) is 84.6 cm³/mol. The summed E-state index contributed by atoms with van der Waals surface area (Å²) in [6.45, 7) is 1.38. The monoisotopic (exact) mass is 302 g/mol. The largest absolute Gasteiger partial charge is 0.324 e. The zero-order valence-corrected chi connectivity index (χ0v) is 12.3. The van der Waals surface area contributed by atoms with E-state index in [2.05, 4.69) is 5.32 Å². The third kappa shape index (κ3) is 4.33. The number of anilines is 2. The first-order chi connectivity index (χ1) is 10.1. The second-order valence-corrected chi connectivity index (χ2v) is 4.94. The standard InChI is InChI=1S/C16H15ClN2O2/c1-12(20)19(15-8-3-2-4-9-15)11-16(21)18-14-7-5-6-13(17)10-14/h2-10H,11H2,1H3,(H,18,21). The number of para-hydroxylation sites is 1. The second kappa shape index (κ2) is 6.90. The molecule has 0 bridgehead atoms. The van der Waals surface area contributed by atoms with Gasteiger partial charge in [-0.05, 0) is 30.3 Å². The fraction of sp³-hybridized carbons (Fsp3) is 0.125. The summed E-state index contributed by atoms with van der Waals surface area (Å²) < 4.78 is 0. The summed E-state index contributed by atoms with van der Waals surface area (Å²) in [7, 11) is 0. The number of rotatable bonds is 4. The van der Waals surface area contributed by atoms with Crippen LogP contribution in [0.15, 0.2) is 54.6 Å². The van der Waals surface area contributed by atoms with Gasteiger partial charge in [-0.2, -0.15) is 0 Å². The molecule has 0 unspecified atom stereocenters. The Bertz CT molecular complexity index is 644. The summed E-state index contributed by atoms with van der Waals surface area (Å²) in [5.41, 5.74) is 1.29. The fourth-order valence-corrected chi connectivity index (χ4v) is 2.09. The van der Waals surface area contributed by atoms with Gasteiger partial charge in [0, 0.05) is 23.3 Å². The molecule has 0 aliphatic carbocycles. The summed E-state index contributed by atoms with van der Waals surface area (Å²) in [6.07, 6.45) is 0. The average Bonchev–Trinajstić information content (AvgIpc) is 2.45. The lowest BCUT2D eigenvalue weighted by atomic mass is 10.2. The molecule has 0 aromatic heterocycles. The maximum absolute atomic E-state index is 12.1. The van der Waals surface area contributed by atoms with Crippen molar-refractivity contribution in [3.63, 3.8) is 0 Å². The number of hydrogen-bond donors (Lipinski definition) is 1. The Morgan fingerprint density at radius 1 is 1.10 bits per heavy atom. The van der Waals surface area contributed by atoms with Gasteiger partial charge in [0.15, 0.2) is 0 Å². The fourth-order valence-electron chi connectivity index (χ4n) is 1.90. The van der Waals surface area contributed by atoms with Gasteiger partial charge in [-0.15, -0.1) is 0 Å². The topological polar surface area (TPSA) is 49.4 Å². The molecule has 0 aliphatic heterocycles. The van der Waals surface area contributed by atoms with Crippen LogP contribution >= 0.6 is 11.6 Å². The Hall–Kier alpha value is -2.33. The van der Waals surface area contributed by atoms with Gasteiger partial charge < -0.3 is 10.2 Å². The second-order valence-electron chi connectivity index (χ2n) is 4.50. The zero-order valence-electron chi connectivity index (χ0n) is 11.5. The summed E-state index contributed by atoms with van der Waals surface area (Å²) in [4.78, 5) is 25.2. The van der Waals surface area contributed by atoms with E-state index in [0.717, 1.165) is 0 Å². The lowest BCUT2D eigenvalue weighted by Gasteiger charge is -2.20. The maximum atomic E-state index is 12.1. The molecule has 0 saturated carbocycles. The maximum Gasteiger partial charge on any atom is 0.244 e.